The van der Waals surface area contributed by atoms with Crippen molar-refractivity contribution in [1.29, 1.82) is 0 Å². The van der Waals surface area contributed by atoms with Crippen molar-refractivity contribution in [3.8, 4) is 5.75 Å². The summed E-state index contributed by atoms with van der Waals surface area (Å²) in [5.74, 6) is -2.86. The maximum atomic E-state index is 14.0. The summed E-state index contributed by atoms with van der Waals surface area (Å²) in [6.45, 7) is 3.82. The molecule has 41 heavy (non-hydrogen) atoms. The number of benzene rings is 2. The summed E-state index contributed by atoms with van der Waals surface area (Å²) in [5.41, 5.74) is -0.996. The van der Waals surface area contributed by atoms with E-state index >= 15 is 0 Å². The summed E-state index contributed by atoms with van der Waals surface area (Å²) in [6.07, 6.45) is 0. The van der Waals surface area contributed by atoms with E-state index in [1.807, 2.05) is 0 Å². The van der Waals surface area contributed by atoms with Crippen LogP contribution in [0, 0.1) is 12.7 Å². The molecule has 0 saturated heterocycles. The van der Waals surface area contributed by atoms with Crippen LogP contribution in [0.4, 0.5) is 4.39 Å². The zero-order chi connectivity index (χ0) is 29.8. The van der Waals surface area contributed by atoms with E-state index < -0.39 is 47.4 Å². The van der Waals surface area contributed by atoms with Gasteiger partial charge in [-0.05, 0) is 50.1 Å². The number of aryl methyl sites for hydroxylation is 1. The molecule has 0 amide bonds. The lowest BCUT2D eigenvalue weighted by Crippen LogP contribution is -2.44. The van der Waals surface area contributed by atoms with Crippen LogP contribution in [0.1, 0.15) is 51.0 Å². The van der Waals surface area contributed by atoms with Crippen molar-refractivity contribution in [2.75, 3.05) is 13.7 Å². The first-order valence-electron chi connectivity index (χ1n) is 12.6. The molecule has 0 spiro atoms. The minimum Gasteiger partial charge on any atom is -0.496 e. The molecule has 0 aliphatic rings. The topological polar surface area (TPSA) is 123 Å². The van der Waals surface area contributed by atoms with E-state index in [1.54, 1.807) is 37.3 Å². The standard InChI is InChI=1S/C29H27FN2O8S/c1-5-39-28(36)24-16(2)23-25(34)32(17(3)27(35)40-15-18-9-7-6-8-10-18)29(37)31(26(23)41-24)14-21(33)20-13-19(30)11-12-22(20)38-4/h6-13,17H,5,14-15H2,1-4H3. The van der Waals surface area contributed by atoms with Crippen molar-refractivity contribution in [2.24, 2.45) is 0 Å². The van der Waals surface area contributed by atoms with Gasteiger partial charge in [-0.3, -0.25) is 14.2 Å². The predicted molar refractivity (Wildman–Crippen MR) is 149 cm³/mol. The summed E-state index contributed by atoms with van der Waals surface area (Å²) < 4.78 is 31.4. The lowest BCUT2D eigenvalue weighted by atomic mass is 10.1. The number of nitrogens with zero attached hydrogens (tertiary/aromatic N) is 2. The van der Waals surface area contributed by atoms with E-state index in [-0.39, 0.29) is 45.2 Å². The van der Waals surface area contributed by atoms with Gasteiger partial charge < -0.3 is 14.2 Å². The third kappa shape index (κ3) is 5.82. The van der Waals surface area contributed by atoms with Crippen LogP contribution in [-0.2, 0) is 27.4 Å². The number of halogens is 1. The Morgan fingerprint density at radius 2 is 1.76 bits per heavy atom. The Balaban J connectivity index is 1.86. The monoisotopic (exact) mass is 582 g/mol. The number of rotatable bonds is 10. The molecular weight excluding hydrogens is 555 g/mol. The average molecular weight is 583 g/mol. The number of fused-ring (bicyclic) bond motifs is 1. The van der Waals surface area contributed by atoms with Crippen LogP contribution in [0.25, 0.3) is 10.2 Å². The number of carbonyl (C=O) groups is 3. The van der Waals surface area contributed by atoms with Gasteiger partial charge in [0.2, 0.25) is 0 Å². The first-order valence-corrected chi connectivity index (χ1v) is 13.4. The number of aromatic nitrogens is 2. The SMILES string of the molecule is CCOC(=O)c1sc2c(c1C)c(=O)n(C(C)C(=O)OCc1ccccc1)c(=O)n2CC(=O)c1cc(F)ccc1OC. The highest BCUT2D eigenvalue weighted by molar-refractivity contribution is 7.20. The van der Waals surface area contributed by atoms with Crippen LogP contribution in [0.3, 0.4) is 0 Å². The van der Waals surface area contributed by atoms with Gasteiger partial charge in [0.25, 0.3) is 5.56 Å². The van der Waals surface area contributed by atoms with E-state index in [0.29, 0.717) is 10.1 Å². The fraction of sp³-hybridized carbons (Fsp3) is 0.276. The Morgan fingerprint density at radius 1 is 1.05 bits per heavy atom. The number of ketones is 1. The molecule has 2 aromatic heterocycles. The lowest BCUT2D eigenvalue weighted by molar-refractivity contribution is -0.148. The fourth-order valence-electron chi connectivity index (χ4n) is 4.32. The number of Topliss-reactive ketones (excluding diaryl/α,β-unsaturated/α-hetero) is 1. The van der Waals surface area contributed by atoms with Crippen molar-refractivity contribution >= 4 is 39.3 Å². The molecule has 1 unspecified atom stereocenters. The van der Waals surface area contributed by atoms with E-state index in [4.69, 9.17) is 14.2 Å². The first-order chi connectivity index (χ1) is 19.6. The van der Waals surface area contributed by atoms with Crippen molar-refractivity contribution in [2.45, 2.75) is 40.0 Å². The normalized spacial score (nSPS) is 11.7. The van der Waals surface area contributed by atoms with E-state index in [2.05, 4.69) is 0 Å². The van der Waals surface area contributed by atoms with Gasteiger partial charge in [-0.15, -0.1) is 11.3 Å². The number of ether oxygens (including phenoxy) is 3. The third-order valence-electron chi connectivity index (χ3n) is 6.42. The number of carbonyl (C=O) groups excluding carboxylic acids is 3. The van der Waals surface area contributed by atoms with Gasteiger partial charge in [0.1, 0.15) is 33.9 Å². The molecule has 0 bridgehead atoms. The Hall–Kier alpha value is -4.58. The maximum absolute atomic E-state index is 14.0. The molecule has 12 heteroatoms. The van der Waals surface area contributed by atoms with Crippen LogP contribution in [0.5, 0.6) is 5.75 Å². The second-order valence-electron chi connectivity index (χ2n) is 9.04. The molecular formula is C29H27FN2O8S. The van der Waals surface area contributed by atoms with Gasteiger partial charge in [-0.2, -0.15) is 0 Å². The van der Waals surface area contributed by atoms with Gasteiger partial charge >= 0.3 is 17.6 Å². The predicted octanol–water partition coefficient (Wildman–Crippen LogP) is 4.04. The minimum absolute atomic E-state index is 0.0284. The molecule has 214 valence electrons. The number of hydrogen-bond acceptors (Lipinski definition) is 9. The highest BCUT2D eigenvalue weighted by Crippen LogP contribution is 2.30. The summed E-state index contributed by atoms with van der Waals surface area (Å²) in [4.78, 5) is 66.6. The zero-order valence-corrected chi connectivity index (χ0v) is 23.6. The second kappa shape index (κ2) is 12.3. The van der Waals surface area contributed by atoms with Gasteiger partial charge in [-0.25, -0.2) is 23.3 Å². The van der Waals surface area contributed by atoms with Gasteiger partial charge in [0.05, 0.1) is 31.2 Å². The molecule has 4 aromatic rings. The zero-order valence-electron chi connectivity index (χ0n) is 22.8. The highest BCUT2D eigenvalue weighted by Gasteiger charge is 2.29. The fourth-order valence-corrected chi connectivity index (χ4v) is 5.50. The molecule has 4 rings (SSSR count). The van der Waals surface area contributed by atoms with Crippen molar-refractivity contribution in [3.63, 3.8) is 0 Å². The number of hydrogen-bond donors (Lipinski definition) is 0. The van der Waals surface area contributed by atoms with E-state index in [9.17, 15) is 28.4 Å². The quantitative estimate of drug-likeness (QED) is 0.203. The molecule has 1 atom stereocenters. The van der Waals surface area contributed by atoms with Crippen molar-refractivity contribution in [1.82, 2.24) is 9.13 Å². The maximum Gasteiger partial charge on any atom is 0.348 e. The van der Waals surface area contributed by atoms with Crippen LogP contribution in [0.2, 0.25) is 0 Å². The summed E-state index contributed by atoms with van der Waals surface area (Å²) >= 11 is 0.815. The van der Waals surface area contributed by atoms with Gasteiger partial charge in [-0.1, -0.05) is 30.3 Å². The molecule has 2 heterocycles. The van der Waals surface area contributed by atoms with Gasteiger partial charge in [0, 0.05) is 0 Å². The van der Waals surface area contributed by atoms with Crippen LogP contribution in [-0.4, -0.2) is 40.6 Å². The average Bonchev–Trinajstić information content (AvgIpc) is 3.31. The lowest BCUT2D eigenvalue weighted by Gasteiger charge is -2.17. The summed E-state index contributed by atoms with van der Waals surface area (Å²) in [6, 6.07) is 10.9. The minimum atomic E-state index is -1.38. The molecule has 2 aromatic carbocycles. The first kappa shape index (κ1) is 29.4. The summed E-state index contributed by atoms with van der Waals surface area (Å²) in [7, 11) is 1.31. The van der Waals surface area contributed by atoms with E-state index in [1.165, 1.54) is 27.0 Å². The van der Waals surface area contributed by atoms with E-state index in [0.717, 1.165) is 28.0 Å². The van der Waals surface area contributed by atoms with Crippen LogP contribution < -0.4 is 16.0 Å². The van der Waals surface area contributed by atoms with Crippen LogP contribution in [0.15, 0.2) is 58.1 Å². The Labute approximate surface area is 237 Å². The Bertz CT molecular complexity index is 1760. The second-order valence-corrected chi connectivity index (χ2v) is 10.0. The van der Waals surface area contributed by atoms with Crippen molar-refractivity contribution < 1.29 is 33.0 Å². The Kier molecular flexibility index (Phi) is 8.82. The third-order valence-corrected chi connectivity index (χ3v) is 7.71. The number of esters is 2. The molecule has 0 aliphatic carbocycles. The molecule has 0 aliphatic heterocycles. The Morgan fingerprint density at radius 3 is 2.41 bits per heavy atom. The molecule has 0 N–H and O–H groups in total. The summed E-state index contributed by atoms with van der Waals surface area (Å²) in [5, 5.41) is -0.0284. The molecule has 0 saturated carbocycles. The van der Waals surface area contributed by atoms with Crippen LogP contribution >= 0.6 is 11.3 Å². The molecule has 10 nitrogen and oxygen atoms in total. The number of thiophene rings is 1. The number of methoxy groups -OCH3 is 1. The largest absolute Gasteiger partial charge is 0.496 e. The van der Waals surface area contributed by atoms with Gasteiger partial charge in [0.15, 0.2) is 5.78 Å². The smallest absolute Gasteiger partial charge is 0.348 e. The molecule has 0 fully saturated rings. The van der Waals surface area contributed by atoms with Crippen molar-refractivity contribution in [3.05, 3.63) is 96.8 Å². The highest BCUT2D eigenvalue weighted by atomic mass is 32.1. The molecule has 0 radical (unpaired) electrons.